The average molecular weight is 723 g/mol. The highest BCUT2D eigenvalue weighted by Gasteiger charge is 2.50. The van der Waals surface area contributed by atoms with Gasteiger partial charge in [-0.05, 0) is 47.2 Å². The topological polar surface area (TPSA) is 137 Å². The molecule has 4 aromatic heterocycles. The number of hydrogen-bond acceptors (Lipinski definition) is 10. The molecule has 56 heavy (non-hydrogen) atoms. The fourth-order valence-electron chi connectivity index (χ4n) is 9.70. The zero-order valence-electron chi connectivity index (χ0n) is 29.3. The maximum atomic E-state index is 14.8. The quantitative estimate of drug-likeness (QED) is 0.142. The van der Waals surface area contributed by atoms with Crippen LogP contribution in [0.25, 0.3) is 55.5 Å². The third-order valence-corrected chi connectivity index (χ3v) is 12.0. The lowest BCUT2D eigenvalue weighted by atomic mass is 9.79. The van der Waals surface area contributed by atoms with Gasteiger partial charge in [-0.25, -0.2) is 4.99 Å². The molecule has 3 aliphatic carbocycles. The number of aromatic nitrogens is 4. The van der Waals surface area contributed by atoms with Crippen molar-refractivity contribution in [3.05, 3.63) is 178 Å². The number of ketones is 1. The van der Waals surface area contributed by atoms with Gasteiger partial charge in [0.2, 0.25) is 5.78 Å². The summed E-state index contributed by atoms with van der Waals surface area (Å²) in [6.07, 6.45) is 7.08. The predicted molar refractivity (Wildman–Crippen MR) is 214 cm³/mol. The van der Waals surface area contributed by atoms with E-state index in [1.54, 1.807) is 24.8 Å². The van der Waals surface area contributed by atoms with E-state index in [9.17, 15) is 9.90 Å². The van der Waals surface area contributed by atoms with Crippen LogP contribution in [0.15, 0.2) is 145 Å². The smallest absolute Gasteiger partial charge is 0.201 e. The number of hydrogen-bond donors (Lipinski definition) is 4. The van der Waals surface area contributed by atoms with Gasteiger partial charge in [-0.1, -0.05) is 72.8 Å². The van der Waals surface area contributed by atoms with Crippen molar-refractivity contribution in [1.82, 2.24) is 19.9 Å². The van der Waals surface area contributed by atoms with E-state index in [4.69, 9.17) is 24.9 Å². The third-order valence-electron chi connectivity index (χ3n) is 12.0. The number of nitrogens with one attached hydrogen (secondary N) is 3. The molecule has 5 aliphatic rings. The Balaban J connectivity index is 1.06. The maximum Gasteiger partial charge on any atom is 0.201 e. The standard InChI is InChI=1S/C46H26N8O2/c55-43-35(25-17-15-23-7-1-13-31-33(23)37(25)53-45(51-31)27-9-3-19-47-39(27)40-28(45)10-4-20-48-40)44(56)36(43)26-18-16-24-8-2-14-32-34(24)38(26)54-46(52-32)29-11-5-21-49-41(29)42-30(46)12-6-22-50-42/h1-22,51-53,55H/b36-26-. The normalized spacial score (nSPS) is 17.7. The van der Waals surface area contributed by atoms with E-state index < -0.39 is 11.3 Å². The van der Waals surface area contributed by atoms with Crippen molar-refractivity contribution < 1.29 is 9.90 Å². The minimum atomic E-state index is -1.04. The molecule has 0 fully saturated rings. The molecule has 6 heterocycles. The van der Waals surface area contributed by atoms with E-state index in [1.807, 2.05) is 103 Å². The summed E-state index contributed by atoms with van der Waals surface area (Å²) in [4.78, 5) is 39.2. The molecule has 0 unspecified atom stereocenters. The molecule has 10 heteroatoms. The highest BCUT2D eigenvalue weighted by Crippen LogP contribution is 2.54. The highest BCUT2D eigenvalue weighted by molar-refractivity contribution is 6.52. The van der Waals surface area contributed by atoms with Crippen molar-refractivity contribution >= 4 is 55.5 Å². The van der Waals surface area contributed by atoms with E-state index in [2.05, 4.69) is 22.0 Å². The number of pyridine rings is 4. The summed E-state index contributed by atoms with van der Waals surface area (Å²) in [6.45, 7) is 0. The Kier molecular flexibility index (Phi) is 5.34. The minimum absolute atomic E-state index is 0.0700. The van der Waals surface area contributed by atoms with Gasteiger partial charge in [-0.2, -0.15) is 0 Å². The van der Waals surface area contributed by atoms with Crippen LogP contribution in [-0.2, 0) is 16.1 Å². The van der Waals surface area contributed by atoms with Gasteiger partial charge in [-0.15, -0.1) is 0 Å². The zero-order chi connectivity index (χ0) is 36.9. The molecule has 2 aliphatic heterocycles. The molecule has 10 nitrogen and oxygen atoms in total. The Labute approximate surface area is 317 Å². The molecular formula is C46H26N8O2. The number of fused-ring (bicyclic) bond motifs is 10. The molecule has 4 aromatic carbocycles. The SMILES string of the molecule is O=C1C(c2ccc3cccc4c3c2NC2(N4)c3cccnc3-c3ncccc32)=C(O)/C1=c1\ccc2cccc3c2c1=NC1(N3)c2cccnc2-c2ncccc21. The Hall–Kier alpha value is -7.72. The molecule has 0 radical (unpaired) electrons. The minimum Gasteiger partial charge on any atom is -0.506 e. The summed E-state index contributed by atoms with van der Waals surface area (Å²) >= 11 is 0. The number of aliphatic hydroxyl groups excluding tert-OH is 1. The first-order chi connectivity index (χ1) is 27.6. The summed E-state index contributed by atoms with van der Waals surface area (Å²) in [5.74, 6) is -0.327. The number of benzene rings is 4. The maximum absolute atomic E-state index is 14.8. The lowest BCUT2D eigenvalue weighted by molar-refractivity contribution is -0.109. The number of carbonyl (C=O) groups is 1. The largest absolute Gasteiger partial charge is 0.506 e. The number of allylic oxidation sites excluding steroid dienone is 2. The van der Waals surface area contributed by atoms with Crippen LogP contribution < -0.4 is 26.5 Å². The van der Waals surface area contributed by atoms with E-state index >= 15 is 0 Å². The Morgan fingerprint density at radius 3 is 1.70 bits per heavy atom. The molecular weight excluding hydrogens is 697 g/mol. The molecule has 0 atom stereocenters. The summed E-state index contributed by atoms with van der Waals surface area (Å²) in [5.41, 5.74) is 8.32. The molecule has 262 valence electrons. The third kappa shape index (κ3) is 3.43. The first-order valence-electron chi connectivity index (χ1n) is 18.4. The van der Waals surface area contributed by atoms with Crippen LogP contribution in [0.3, 0.4) is 0 Å². The second-order valence-corrected chi connectivity index (χ2v) is 14.7. The molecule has 0 amide bonds. The van der Waals surface area contributed by atoms with Crippen LogP contribution in [0.1, 0.15) is 27.8 Å². The van der Waals surface area contributed by atoms with E-state index in [1.165, 1.54) is 0 Å². The first kappa shape index (κ1) is 29.7. The second kappa shape index (κ2) is 10.1. The summed E-state index contributed by atoms with van der Waals surface area (Å²) in [5, 5.41) is 28.6. The van der Waals surface area contributed by atoms with E-state index in [0.717, 1.165) is 83.6 Å². The van der Waals surface area contributed by atoms with Gasteiger partial charge in [0.15, 0.2) is 11.3 Å². The van der Waals surface area contributed by atoms with Crippen LogP contribution in [0.2, 0.25) is 0 Å². The van der Waals surface area contributed by atoms with Crippen LogP contribution in [0.5, 0.6) is 0 Å². The van der Waals surface area contributed by atoms with E-state index in [0.29, 0.717) is 16.1 Å². The van der Waals surface area contributed by atoms with E-state index in [-0.39, 0.29) is 22.7 Å². The fraction of sp³-hybridized carbons (Fsp3) is 0.0435. The van der Waals surface area contributed by atoms with Crippen molar-refractivity contribution in [2.45, 2.75) is 11.3 Å². The number of rotatable bonds is 1. The van der Waals surface area contributed by atoms with Crippen molar-refractivity contribution in [2.24, 2.45) is 4.99 Å². The summed E-state index contributed by atoms with van der Waals surface area (Å²) in [7, 11) is 0. The van der Waals surface area contributed by atoms with Gasteiger partial charge in [-0.3, -0.25) is 24.7 Å². The lowest BCUT2D eigenvalue weighted by Crippen LogP contribution is -2.45. The van der Waals surface area contributed by atoms with Crippen molar-refractivity contribution in [3.63, 3.8) is 0 Å². The Morgan fingerprint density at radius 1 is 0.518 bits per heavy atom. The van der Waals surface area contributed by atoms with Gasteiger partial charge in [0.1, 0.15) is 5.76 Å². The number of anilines is 3. The summed E-state index contributed by atoms with van der Waals surface area (Å²) in [6, 6.07) is 35.8. The monoisotopic (exact) mass is 722 g/mol. The highest BCUT2D eigenvalue weighted by atomic mass is 16.3. The number of Topliss-reactive ketones (excluding diaryl/α,β-unsaturated/α-hetero) is 1. The average Bonchev–Trinajstić information content (AvgIpc) is 3.66. The van der Waals surface area contributed by atoms with Crippen molar-refractivity contribution in [2.75, 3.05) is 16.0 Å². The Bertz CT molecular complexity index is 3260. The van der Waals surface area contributed by atoms with Crippen LogP contribution in [0.4, 0.5) is 17.1 Å². The van der Waals surface area contributed by atoms with Gasteiger partial charge in [0.05, 0.1) is 45.0 Å². The number of aliphatic hydroxyl groups is 1. The van der Waals surface area contributed by atoms with Crippen LogP contribution >= 0.6 is 0 Å². The molecule has 13 rings (SSSR count). The van der Waals surface area contributed by atoms with Gasteiger partial charge in [0, 0.05) is 80.0 Å². The Morgan fingerprint density at radius 2 is 1.07 bits per heavy atom. The number of carbonyl (C=O) groups excluding carboxylic acids is 1. The predicted octanol–water partition coefficient (Wildman–Crippen LogP) is 6.92. The molecule has 8 aromatic rings. The molecule has 2 spiro atoms. The first-order valence-corrected chi connectivity index (χ1v) is 18.4. The summed E-state index contributed by atoms with van der Waals surface area (Å²) < 4.78 is 0. The van der Waals surface area contributed by atoms with Crippen LogP contribution in [0, 0.1) is 0 Å². The van der Waals surface area contributed by atoms with Crippen LogP contribution in [-0.4, -0.2) is 30.8 Å². The van der Waals surface area contributed by atoms with Crippen molar-refractivity contribution in [3.8, 4) is 22.8 Å². The second-order valence-electron chi connectivity index (χ2n) is 14.7. The lowest BCUT2D eigenvalue weighted by Gasteiger charge is -2.41. The van der Waals surface area contributed by atoms with Gasteiger partial charge in [0.25, 0.3) is 0 Å². The molecule has 4 N–H and O–H groups in total. The molecule has 0 saturated heterocycles. The van der Waals surface area contributed by atoms with Gasteiger partial charge < -0.3 is 21.1 Å². The fourth-order valence-corrected chi connectivity index (χ4v) is 9.70. The number of nitrogens with zero attached hydrogens (tertiary/aromatic N) is 5. The van der Waals surface area contributed by atoms with Gasteiger partial charge >= 0.3 is 0 Å². The molecule has 0 saturated carbocycles. The van der Waals surface area contributed by atoms with Crippen molar-refractivity contribution in [1.29, 1.82) is 0 Å². The molecule has 0 bridgehead atoms. The zero-order valence-corrected chi connectivity index (χ0v) is 29.3.